The summed E-state index contributed by atoms with van der Waals surface area (Å²) in [6, 6.07) is 6.83. The molecule has 0 atom stereocenters. The maximum absolute atomic E-state index is 12.3. The van der Waals surface area contributed by atoms with E-state index in [1.54, 1.807) is 35.4 Å². The van der Waals surface area contributed by atoms with Gasteiger partial charge < -0.3 is 19.7 Å². The summed E-state index contributed by atoms with van der Waals surface area (Å²) in [6.07, 6.45) is 2.12. The van der Waals surface area contributed by atoms with E-state index in [1.807, 2.05) is 20.8 Å². The highest BCUT2D eigenvalue weighted by molar-refractivity contribution is 5.89. The zero-order valence-corrected chi connectivity index (χ0v) is 16.5. The van der Waals surface area contributed by atoms with Crippen LogP contribution in [0.25, 0.3) is 0 Å². The van der Waals surface area contributed by atoms with Crippen LogP contribution in [0.3, 0.4) is 0 Å². The maximum Gasteiger partial charge on any atom is 0.410 e. The summed E-state index contributed by atoms with van der Waals surface area (Å²) in [5.74, 6) is 0.0365. The smallest absolute Gasteiger partial charge is 0.410 e. The molecule has 0 radical (unpaired) electrons. The van der Waals surface area contributed by atoms with Gasteiger partial charge >= 0.3 is 12.1 Å². The first-order chi connectivity index (χ1) is 13.2. The molecular weight excluding hydrogens is 360 g/mol. The van der Waals surface area contributed by atoms with Crippen molar-refractivity contribution in [3.8, 4) is 0 Å². The fourth-order valence-corrected chi connectivity index (χ4v) is 2.78. The van der Waals surface area contributed by atoms with Crippen molar-refractivity contribution in [2.24, 2.45) is 0 Å². The number of carbonyl (C=O) groups excluding carboxylic acids is 2. The zero-order chi connectivity index (χ0) is 20.3. The van der Waals surface area contributed by atoms with Gasteiger partial charge in [-0.2, -0.15) is 0 Å². The van der Waals surface area contributed by atoms with Gasteiger partial charge in [-0.1, -0.05) is 0 Å². The van der Waals surface area contributed by atoms with Crippen molar-refractivity contribution < 1.29 is 19.1 Å². The molecular formula is C20H24N4O4. The van der Waals surface area contributed by atoms with Gasteiger partial charge in [-0.05, 0) is 57.0 Å². The van der Waals surface area contributed by atoms with Crippen LogP contribution in [0.4, 0.5) is 16.4 Å². The lowest BCUT2D eigenvalue weighted by Crippen LogP contribution is -2.40. The van der Waals surface area contributed by atoms with E-state index in [1.165, 1.54) is 7.11 Å². The highest BCUT2D eigenvalue weighted by Gasteiger charge is 2.26. The molecule has 0 unspecified atom stereocenters. The van der Waals surface area contributed by atoms with Crippen molar-refractivity contribution in [1.29, 1.82) is 0 Å². The molecule has 0 bridgehead atoms. The first kappa shape index (κ1) is 19.6. The molecule has 0 spiro atoms. The SMILES string of the molecule is COC(=O)c1ccc(Nc2ncc3c(n2)CN(C(=O)OC(C)(C)C)CC3)cc1. The third-order valence-electron chi connectivity index (χ3n) is 4.16. The number of hydrogen-bond donors (Lipinski definition) is 1. The molecule has 1 amide bonds. The van der Waals surface area contributed by atoms with Crippen molar-refractivity contribution in [3.05, 3.63) is 47.3 Å². The Kier molecular flexibility index (Phi) is 5.48. The highest BCUT2D eigenvalue weighted by Crippen LogP contribution is 2.21. The summed E-state index contributed by atoms with van der Waals surface area (Å²) in [7, 11) is 1.34. The molecule has 0 fully saturated rings. The highest BCUT2D eigenvalue weighted by atomic mass is 16.6. The third-order valence-corrected chi connectivity index (χ3v) is 4.16. The molecule has 1 aromatic carbocycles. The monoisotopic (exact) mass is 384 g/mol. The quantitative estimate of drug-likeness (QED) is 0.812. The number of hydrogen-bond acceptors (Lipinski definition) is 7. The number of fused-ring (bicyclic) bond motifs is 1. The van der Waals surface area contributed by atoms with E-state index in [0.717, 1.165) is 16.9 Å². The average Bonchev–Trinajstić information content (AvgIpc) is 2.66. The minimum Gasteiger partial charge on any atom is -0.465 e. The Morgan fingerprint density at radius 3 is 2.54 bits per heavy atom. The van der Waals surface area contributed by atoms with Gasteiger partial charge in [0.1, 0.15) is 5.60 Å². The van der Waals surface area contributed by atoms with Crippen molar-refractivity contribution in [2.75, 3.05) is 19.0 Å². The van der Waals surface area contributed by atoms with Crippen LogP contribution in [0.2, 0.25) is 0 Å². The normalized spacial score (nSPS) is 13.5. The number of nitrogens with one attached hydrogen (secondary N) is 1. The van der Waals surface area contributed by atoms with E-state index in [-0.39, 0.29) is 12.1 Å². The lowest BCUT2D eigenvalue weighted by atomic mass is 10.1. The molecule has 1 aliphatic heterocycles. The number of methoxy groups -OCH3 is 1. The van der Waals surface area contributed by atoms with Crippen LogP contribution >= 0.6 is 0 Å². The molecule has 8 nitrogen and oxygen atoms in total. The Labute approximate surface area is 163 Å². The van der Waals surface area contributed by atoms with Crippen LogP contribution < -0.4 is 5.32 Å². The number of nitrogens with zero attached hydrogens (tertiary/aromatic N) is 3. The Morgan fingerprint density at radius 2 is 1.89 bits per heavy atom. The zero-order valence-electron chi connectivity index (χ0n) is 16.5. The Bertz CT molecular complexity index is 875. The first-order valence-electron chi connectivity index (χ1n) is 9.03. The molecule has 148 valence electrons. The predicted octanol–water partition coefficient (Wildman–Crippen LogP) is 3.30. The van der Waals surface area contributed by atoms with Crippen molar-refractivity contribution in [1.82, 2.24) is 14.9 Å². The number of carbonyl (C=O) groups is 2. The summed E-state index contributed by atoms with van der Waals surface area (Å²) in [4.78, 5) is 34.4. The van der Waals surface area contributed by atoms with E-state index in [0.29, 0.717) is 31.0 Å². The molecule has 2 aromatic rings. The van der Waals surface area contributed by atoms with E-state index in [4.69, 9.17) is 4.74 Å². The third kappa shape index (κ3) is 4.76. The summed E-state index contributed by atoms with van der Waals surface area (Å²) < 4.78 is 10.1. The molecule has 1 aliphatic rings. The van der Waals surface area contributed by atoms with E-state index in [2.05, 4.69) is 20.0 Å². The number of amides is 1. The van der Waals surface area contributed by atoms with Crippen molar-refractivity contribution in [3.63, 3.8) is 0 Å². The Morgan fingerprint density at radius 1 is 1.18 bits per heavy atom. The lowest BCUT2D eigenvalue weighted by molar-refractivity contribution is 0.0220. The van der Waals surface area contributed by atoms with Crippen LogP contribution in [0, 0.1) is 0 Å². The second-order valence-corrected chi connectivity index (χ2v) is 7.51. The molecule has 2 heterocycles. The molecule has 28 heavy (non-hydrogen) atoms. The molecule has 0 saturated carbocycles. The number of ether oxygens (including phenoxy) is 2. The van der Waals surface area contributed by atoms with Crippen molar-refractivity contribution >= 4 is 23.7 Å². The van der Waals surface area contributed by atoms with Crippen LogP contribution in [0.5, 0.6) is 0 Å². The topological polar surface area (TPSA) is 93.6 Å². The van der Waals surface area contributed by atoms with Gasteiger partial charge in [0.2, 0.25) is 5.95 Å². The standard InChI is InChI=1S/C20H24N4O4/c1-20(2,3)28-19(26)24-10-9-14-11-21-18(23-16(14)12-24)22-15-7-5-13(6-8-15)17(25)27-4/h5-8,11H,9-10,12H2,1-4H3,(H,21,22,23). The predicted molar refractivity (Wildman–Crippen MR) is 103 cm³/mol. The number of aromatic nitrogens is 2. The van der Waals surface area contributed by atoms with Gasteiger partial charge in [0.05, 0.1) is 24.9 Å². The van der Waals surface area contributed by atoms with E-state index < -0.39 is 5.60 Å². The van der Waals surface area contributed by atoms with Gasteiger partial charge in [0.15, 0.2) is 0 Å². The van der Waals surface area contributed by atoms with Crippen LogP contribution in [-0.2, 0) is 22.4 Å². The fourth-order valence-electron chi connectivity index (χ4n) is 2.78. The van der Waals surface area contributed by atoms with Crippen LogP contribution in [0.1, 0.15) is 42.4 Å². The van der Waals surface area contributed by atoms with Crippen molar-refractivity contribution in [2.45, 2.75) is 39.3 Å². The van der Waals surface area contributed by atoms with Gasteiger partial charge in [0, 0.05) is 18.4 Å². The second-order valence-electron chi connectivity index (χ2n) is 7.51. The van der Waals surface area contributed by atoms with Gasteiger partial charge in [-0.3, -0.25) is 0 Å². The van der Waals surface area contributed by atoms with Gasteiger partial charge in [0.25, 0.3) is 0 Å². The molecule has 3 rings (SSSR count). The second kappa shape index (κ2) is 7.84. The van der Waals surface area contributed by atoms with Crippen LogP contribution in [-0.4, -0.2) is 46.2 Å². The number of rotatable bonds is 3. The number of benzene rings is 1. The first-order valence-corrected chi connectivity index (χ1v) is 9.03. The lowest BCUT2D eigenvalue weighted by Gasteiger charge is -2.30. The van der Waals surface area contributed by atoms with E-state index >= 15 is 0 Å². The minimum atomic E-state index is -0.536. The number of anilines is 2. The minimum absolute atomic E-state index is 0.343. The van der Waals surface area contributed by atoms with Gasteiger partial charge in [-0.15, -0.1) is 0 Å². The Hall–Kier alpha value is -3.16. The molecule has 1 aromatic heterocycles. The van der Waals surface area contributed by atoms with Gasteiger partial charge in [-0.25, -0.2) is 19.6 Å². The van der Waals surface area contributed by atoms with E-state index in [9.17, 15) is 9.59 Å². The summed E-state index contributed by atoms with van der Waals surface area (Å²) in [6.45, 7) is 6.49. The molecule has 8 heteroatoms. The summed E-state index contributed by atoms with van der Waals surface area (Å²) in [5, 5.41) is 3.11. The number of esters is 1. The summed E-state index contributed by atoms with van der Waals surface area (Å²) in [5.41, 5.74) is 2.48. The maximum atomic E-state index is 12.3. The molecule has 1 N–H and O–H groups in total. The fraction of sp³-hybridized carbons (Fsp3) is 0.400. The molecule has 0 saturated heterocycles. The molecule has 0 aliphatic carbocycles. The average molecular weight is 384 g/mol. The largest absolute Gasteiger partial charge is 0.465 e. The summed E-state index contributed by atoms with van der Waals surface area (Å²) >= 11 is 0. The Balaban J connectivity index is 1.70. The van der Waals surface area contributed by atoms with Crippen LogP contribution in [0.15, 0.2) is 30.5 Å².